The molecular weight excluding hydrogens is 284 g/mol. The highest BCUT2D eigenvalue weighted by Crippen LogP contribution is 2.28. The summed E-state index contributed by atoms with van der Waals surface area (Å²) < 4.78 is 5.17. The number of anilines is 1. The van der Waals surface area contributed by atoms with Crippen molar-refractivity contribution in [1.29, 1.82) is 0 Å². The van der Waals surface area contributed by atoms with Crippen LogP contribution in [0.3, 0.4) is 0 Å². The summed E-state index contributed by atoms with van der Waals surface area (Å²) in [7, 11) is 0. The van der Waals surface area contributed by atoms with E-state index in [0.29, 0.717) is 6.54 Å². The van der Waals surface area contributed by atoms with E-state index in [1.54, 1.807) is 11.3 Å². The molecule has 0 atom stereocenters. The van der Waals surface area contributed by atoms with Gasteiger partial charge in [0.15, 0.2) is 0 Å². The largest absolute Gasteiger partial charge is 0.361 e. The predicted octanol–water partition coefficient (Wildman–Crippen LogP) is 3.88. The van der Waals surface area contributed by atoms with Crippen molar-refractivity contribution in [2.24, 2.45) is 5.92 Å². The highest BCUT2D eigenvalue weighted by molar-refractivity contribution is 7.15. The zero-order valence-corrected chi connectivity index (χ0v) is 13.5. The summed E-state index contributed by atoms with van der Waals surface area (Å²) >= 11 is 1.68. The van der Waals surface area contributed by atoms with Crippen LogP contribution in [0.25, 0.3) is 0 Å². The fourth-order valence-electron chi connectivity index (χ4n) is 2.96. The van der Waals surface area contributed by atoms with Gasteiger partial charge in [-0.05, 0) is 19.8 Å². The molecule has 0 spiro atoms. The standard InChI is InChI=1S/C15H22N4OS/c1-10-13(11(2)20-19-10)9-16-15-18-17-14(21-15)8-12-6-4-3-5-7-12/h12H,3-9H2,1-2H3,(H,16,18). The van der Waals surface area contributed by atoms with Crippen LogP contribution in [0, 0.1) is 19.8 Å². The lowest BCUT2D eigenvalue weighted by molar-refractivity contribution is 0.356. The van der Waals surface area contributed by atoms with Crippen molar-refractivity contribution < 1.29 is 4.52 Å². The van der Waals surface area contributed by atoms with E-state index in [0.717, 1.165) is 39.5 Å². The number of nitrogens with zero attached hydrogens (tertiary/aromatic N) is 3. The van der Waals surface area contributed by atoms with Gasteiger partial charge < -0.3 is 9.84 Å². The van der Waals surface area contributed by atoms with Gasteiger partial charge in [0.25, 0.3) is 0 Å². The zero-order valence-electron chi connectivity index (χ0n) is 12.7. The molecule has 0 saturated heterocycles. The predicted molar refractivity (Wildman–Crippen MR) is 83.5 cm³/mol. The van der Waals surface area contributed by atoms with E-state index < -0.39 is 0 Å². The molecule has 3 rings (SSSR count). The third-order valence-corrected chi connectivity index (χ3v) is 5.16. The van der Waals surface area contributed by atoms with Crippen molar-refractivity contribution in [1.82, 2.24) is 15.4 Å². The Kier molecular flexibility index (Phi) is 4.53. The van der Waals surface area contributed by atoms with E-state index >= 15 is 0 Å². The molecule has 2 aromatic rings. The number of aryl methyl sites for hydroxylation is 2. The van der Waals surface area contributed by atoms with Crippen LogP contribution in [0.5, 0.6) is 0 Å². The summed E-state index contributed by atoms with van der Waals surface area (Å²) in [6, 6.07) is 0. The first-order valence-electron chi connectivity index (χ1n) is 7.70. The lowest BCUT2D eigenvalue weighted by atomic mass is 9.87. The summed E-state index contributed by atoms with van der Waals surface area (Å²) in [4.78, 5) is 0. The highest BCUT2D eigenvalue weighted by Gasteiger charge is 2.16. The smallest absolute Gasteiger partial charge is 0.205 e. The number of aromatic nitrogens is 3. The molecule has 1 aliphatic rings. The van der Waals surface area contributed by atoms with E-state index in [1.807, 2.05) is 13.8 Å². The summed E-state index contributed by atoms with van der Waals surface area (Å²) in [5, 5.41) is 17.9. The highest BCUT2D eigenvalue weighted by atomic mass is 32.1. The first kappa shape index (κ1) is 14.5. The molecule has 0 amide bonds. The van der Waals surface area contributed by atoms with Gasteiger partial charge >= 0.3 is 0 Å². The van der Waals surface area contributed by atoms with Crippen molar-refractivity contribution in [2.45, 2.75) is 58.9 Å². The van der Waals surface area contributed by atoms with Crippen molar-refractivity contribution in [3.8, 4) is 0 Å². The van der Waals surface area contributed by atoms with Crippen LogP contribution in [0.4, 0.5) is 5.13 Å². The maximum atomic E-state index is 5.17. The normalized spacial score (nSPS) is 16.3. The van der Waals surface area contributed by atoms with Crippen LogP contribution in [0.2, 0.25) is 0 Å². The van der Waals surface area contributed by atoms with Gasteiger partial charge in [0.05, 0.1) is 5.69 Å². The quantitative estimate of drug-likeness (QED) is 0.908. The van der Waals surface area contributed by atoms with Crippen molar-refractivity contribution in [3.05, 3.63) is 22.0 Å². The van der Waals surface area contributed by atoms with Crippen LogP contribution < -0.4 is 5.32 Å². The maximum absolute atomic E-state index is 5.17. The molecular formula is C15H22N4OS. The molecule has 0 radical (unpaired) electrons. The number of nitrogens with one attached hydrogen (secondary N) is 1. The van der Waals surface area contributed by atoms with Crippen LogP contribution in [0.1, 0.15) is 54.1 Å². The van der Waals surface area contributed by atoms with Crippen molar-refractivity contribution in [3.63, 3.8) is 0 Å². The lowest BCUT2D eigenvalue weighted by Crippen LogP contribution is -2.08. The van der Waals surface area contributed by atoms with E-state index in [1.165, 1.54) is 32.1 Å². The first-order valence-corrected chi connectivity index (χ1v) is 8.52. The number of hydrogen-bond donors (Lipinski definition) is 1. The van der Waals surface area contributed by atoms with Crippen LogP contribution in [-0.2, 0) is 13.0 Å². The van der Waals surface area contributed by atoms with E-state index in [2.05, 4.69) is 20.7 Å². The fourth-order valence-corrected chi connectivity index (χ4v) is 3.81. The second-order valence-corrected chi connectivity index (χ2v) is 6.93. The molecule has 6 heteroatoms. The second kappa shape index (κ2) is 6.56. The molecule has 1 saturated carbocycles. The Hall–Kier alpha value is -1.43. The minimum absolute atomic E-state index is 0.694. The molecule has 0 bridgehead atoms. The van der Waals surface area contributed by atoms with Gasteiger partial charge in [-0.1, -0.05) is 48.6 Å². The first-order chi connectivity index (χ1) is 10.2. The van der Waals surface area contributed by atoms with Gasteiger partial charge in [-0.2, -0.15) is 0 Å². The van der Waals surface area contributed by atoms with Crippen LogP contribution in [-0.4, -0.2) is 15.4 Å². The van der Waals surface area contributed by atoms with Gasteiger partial charge in [0.2, 0.25) is 5.13 Å². The molecule has 1 fully saturated rings. The average molecular weight is 306 g/mol. The molecule has 0 aliphatic heterocycles. The molecule has 1 N–H and O–H groups in total. The monoisotopic (exact) mass is 306 g/mol. The molecule has 21 heavy (non-hydrogen) atoms. The third kappa shape index (κ3) is 3.61. The molecule has 2 heterocycles. The number of rotatable bonds is 5. The summed E-state index contributed by atoms with van der Waals surface area (Å²) in [5.74, 6) is 1.68. The van der Waals surface area contributed by atoms with Gasteiger partial charge in [-0.25, -0.2) is 0 Å². The Labute approximate surface area is 129 Å². The Morgan fingerprint density at radius 1 is 1.19 bits per heavy atom. The molecule has 2 aromatic heterocycles. The van der Waals surface area contributed by atoms with E-state index in [9.17, 15) is 0 Å². The van der Waals surface area contributed by atoms with Gasteiger partial charge in [-0.15, -0.1) is 10.2 Å². The molecule has 1 aliphatic carbocycles. The molecule has 114 valence electrons. The minimum Gasteiger partial charge on any atom is -0.361 e. The summed E-state index contributed by atoms with van der Waals surface area (Å²) in [5.41, 5.74) is 2.05. The summed E-state index contributed by atoms with van der Waals surface area (Å²) in [6.45, 7) is 4.59. The van der Waals surface area contributed by atoms with Gasteiger partial charge in [0.1, 0.15) is 10.8 Å². The fraction of sp³-hybridized carbons (Fsp3) is 0.667. The number of hydrogen-bond acceptors (Lipinski definition) is 6. The lowest BCUT2D eigenvalue weighted by Gasteiger charge is -2.19. The molecule has 0 unspecified atom stereocenters. The Morgan fingerprint density at radius 2 is 2.00 bits per heavy atom. The summed E-state index contributed by atoms with van der Waals surface area (Å²) in [6.07, 6.45) is 7.94. The van der Waals surface area contributed by atoms with Crippen molar-refractivity contribution in [2.75, 3.05) is 5.32 Å². The Balaban J connectivity index is 1.55. The minimum atomic E-state index is 0.694. The van der Waals surface area contributed by atoms with Gasteiger partial charge in [-0.3, -0.25) is 0 Å². The second-order valence-electron chi connectivity index (χ2n) is 5.87. The van der Waals surface area contributed by atoms with Crippen LogP contribution in [0.15, 0.2) is 4.52 Å². The zero-order chi connectivity index (χ0) is 14.7. The SMILES string of the molecule is Cc1noc(C)c1CNc1nnc(CC2CCCCC2)s1. The third-order valence-electron chi connectivity index (χ3n) is 4.25. The van der Waals surface area contributed by atoms with E-state index in [-0.39, 0.29) is 0 Å². The maximum Gasteiger partial charge on any atom is 0.205 e. The molecule has 0 aromatic carbocycles. The van der Waals surface area contributed by atoms with Crippen LogP contribution >= 0.6 is 11.3 Å². The van der Waals surface area contributed by atoms with Crippen molar-refractivity contribution >= 4 is 16.5 Å². The average Bonchev–Trinajstić information content (AvgIpc) is 3.06. The Morgan fingerprint density at radius 3 is 2.71 bits per heavy atom. The Bertz CT molecular complexity index is 567. The van der Waals surface area contributed by atoms with E-state index in [4.69, 9.17) is 4.52 Å². The topological polar surface area (TPSA) is 63.8 Å². The van der Waals surface area contributed by atoms with Gasteiger partial charge in [0, 0.05) is 18.5 Å². The molecule has 5 nitrogen and oxygen atoms in total.